The molecule has 1 aliphatic rings. The fraction of sp³-hybridized carbons (Fsp3) is 0.381. The maximum Gasteiger partial charge on any atom is 0.243 e. The van der Waals surface area contributed by atoms with Crippen molar-refractivity contribution in [2.45, 2.75) is 25.7 Å². The van der Waals surface area contributed by atoms with Crippen molar-refractivity contribution in [3.63, 3.8) is 0 Å². The van der Waals surface area contributed by atoms with Gasteiger partial charge < -0.3 is 5.32 Å². The number of amides is 1. The second-order valence-corrected chi connectivity index (χ2v) is 9.79. The first kappa shape index (κ1) is 21.8. The summed E-state index contributed by atoms with van der Waals surface area (Å²) in [5.74, 6) is -0.165. The van der Waals surface area contributed by atoms with Gasteiger partial charge in [0.1, 0.15) is 0 Å². The van der Waals surface area contributed by atoms with Crippen LogP contribution in [0.15, 0.2) is 41.3 Å². The Labute approximate surface area is 177 Å². The minimum atomic E-state index is -3.53. The molecule has 0 spiro atoms. The largest absolute Gasteiger partial charge is 0.324 e. The van der Waals surface area contributed by atoms with Crippen LogP contribution in [0.3, 0.4) is 0 Å². The molecule has 1 heterocycles. The van der Waals surface area contributed by atoms with E-state index in [1.165, 1.54) is 4.31 Å². The molecule has 29 heavy (non-hydrogen) atoms. The molecule has 8 heteroatoms. The summed E-state index contributed by atoms with van der Waals surface area (Å²) in [6, 6.07) is 10.8. The van der Waals surface area contributed by atoms with Gasteiger partial charge in [0.05, 0.1) is 22.2 Å². The molecule has 0 bridgehead atoms. The van der Waals surface area contributed by atoms with Crippen LogP contribution in [0.1, 0.15) is 16.7 Å². The molecule has 2 aromatic carbocycles. The molecule has 3 rings (SSSR count). The van der Waals surface area contributed by atoms with Gasteiger partial charge in [0.25, 0.3) is 0 Å². The normalized spacial score (nSPS) is 16.0. The molecule has 156 valence electrons. The van der Waals surface area contributed by atoms with Gasteiger partial charge in [0.2, 0.25) is 15.9 Å². The van der Waals surface area contributed by atoms with Gasteiger partial charge in [-0.05, 0) is 50.1 Å². The zero-order valence-corrected chi connectivity index (χ0v) is 18.5. The van der Waals surface area contributed by atoms with Crippen molar-refractivity contribution in [2.24, 2.45) is 0 Å². The van der Waals surface area contributed by atoms with Crippen LogP contribution in [0.4, 0.5) is 5.69 Å². The Kier molecular flexibility index (Phi) is 6.63. The summed E-state index contributed by atoms with van der Waals surface area (Å²) < 4.78 is 27.4. The maximum absolute atomic E-state index is 13.0. The predicted molar refractivity (Wildman–Crippen MR) is 116 cm³/mol. The summed E-state index contributed by atoms with van der Waals surface area (Å²) in [6.07, 6.45) is 0. The highest BCUT2D eigenvalue weighted by Crippen LogP contribution is 2.24. The topological polar surface area (TPSA) is 69.7 Å². The molecule has 1 saturated heterocycles. The van der Waals surface area contributed by atoms with E-state index in [2.05, 4.69) is 5.32 Å². The SMILES string of the molecule is Cc1ccc(S(=O)(=O)N2CCN(CC(=O)Nc3ccc(C)cc3Cl)CC2)c(C)c1. The van der Waals surface area contributed by atoms with E-state index in [4.69, 9.17) is 11.6 Å². The lowest BCUT2D eigenvalue weighted by molar-refractivity contribution is -0.117. The van der Waals surface area contributed by atoms with E-state index >= 15 is 0 Å². The number of aryl methyl sites for hydroxylation is 3. The Morgan fingerprint density at radius 3 is 2.24 bits per heavy atom. The molecule has 0 saturated carbocycles. The maximum atomic E-state index is 13.0. The number of carbonyl (C=O) groups is 1. The third kappa shape index (κ3) is 5.17. The van der Waals surface area contributed by atoms with Crippen LogP contribution < -0.4 is 5.32 Å². The molecule has 0 aromatic heterocycles. The smallest absolute Gasteiger partial charge is 0.243 e. The van der Waals surface area contributed by atoms with Crippen molar-refractivity contribution >= 4 is 33.2 Å². The van der Waals surface area contributed by atoms with E-state index in [1.807, 2.05) is 43.9 Å². The lowest BCUT2D eigenvalue weighted by Crippen LogP contribution is -2.50. The van der Waals surface area contributed by atoms with Crippen molar-refractivity contribution < 1.29 is 13.2 Å². The van der Waals surface area contributed by atoms with Gasteiger partial charge in [-0.2, -0.15) is 4.31 Å². The molecule has 1 fully saturated rings. The average Bonchev–Trinajstić information content (AvgIpc) is 2.64. The van der Waals surface area contributed by atoms with E-state index < -0.39 is 10.0 Å². The van der Waals surface area contributed by atoms with Crippen molar-refractivity contribution in [3.8, 4) is 0 Å². The number of hydrogen-bond acceptors (Lipinski definition) is 4. The monoisotopic (exact) mass is 435 g/mol. The summed E-state index contributed by atoms with van der Waals surface area (Å²) in [5, 5.41) is 3.32. The van der Waals surface area contributed by atoms with E-state index in [0.29, 0.717) is 41.8 Å². The molecular formula is C21H26ClN3O3S. The standard InChI is InChI=1S/C21H26ClN3O3S/c1-15-5-7-20(17(3)12-15)29(27,28)25-10-8-24(9-11-25)14-21(26)23-19-6-4-16(2)13-18(19)22/h4-7,12-13H,8-11,14H2,1-3H3,(H,23,26). The van der Waals surface area contributed by atoms with Gasteiger partial charge in [0, 0.05) is 26.2 Å². The highest BCUT2D eigenvalue weighted by Gasteiger charge is 2.30. The molecule has 6 nitrogen and oxygen atoms in total. The minimum absolute atomic E-state index is 0.165. The number of halogens is 1. The Morgan fingerprint density at radius 2 is 1.62 bits per heavy atom. The van der Waals surface area contributed by atoms with Gasteiger partial charge in [0.15, 0.2) is 0 Å². The van der Waals surface area contributed by atoms with Crippen molar-refractivity contribution in [1.29, 1.82) is 0 Å². The number of piperazine rings is 1. The van der Waals surface area contributed by atoms with Crippen LogP contribution in [0.5, 0.6) is 0 Å². The van der Waals surface area contributed by atoms with E-state index in [-0.39, 0.29) is 12.5 Å². The van der Waals surface area contributed by atoms with Gasteiger partial charge >= 0.3 is 0 Å². The molecule has 0 radical (unpaired) electrons. The zero-order valence-electron chi connectivity index (χ0n) is 16.9. The molecule has 1 N–H and O–H groups in total. The summed E-state index contributed by atoms with van der Waals surface area (Å²) in [6.45, 7) is 7.60. The summed E-state index contributed by atoms with van der Waals surface area (Å²) in [4.78, 5) is 14.7. The molecule has 0 unspecified atom stereocenters. The fourth-order valence-corrected chi connectivity index (χ4v) is 5.38. The molecule has 1 aliphatic heterocycles. The Balaban J connectivity index is 1.58. The van der Waals surface area contributed by atoms with Crippen LogP contribution in [0.25, 0.3) is 0 Å². The first-order valence-electron chi connectivity index (χ1n) is 9.52. The third-order valence-electron chi connectivity index (χ3n) is 5.05. The number of hydrogen-bond donors (Lipinski definition) is 1. The number of carbonyl (C=O) groups excluding carboxylic acids is 1. The molecule has 1 amide bonds. The quantitative estimate of drug-likeness (QED) is 0.782. The summed E-state index contributed by atoms with van der Waals surface area (Å²) in [7, 11) is -3.53. The van der Waals surface area contributed by atoms with Crippen LogP contribution in [0, 0.1) is 20.8 Å². The van der Waals surface area contributed by atoms with Gasteiger partial charge in [-0.15, -0.1) is 0 Å². The van der Waals surface area contributed by atoms with Crippen LogP contribution in [-0.2, 0) is 14.8 Å². The fourth-order valence-electron chi connectivity index (χ4n) is 3.47. The lowest BCUT2D eigenvalue weighted by Gasteiger charge is -2.33. The first-order chi connectivity index (χ1) is 13.7. The van der Waals surface area contributed by atoms with Crippen molar-refractivity contribution in [3.05, 3.63) is 58.1 Å². The summed E-state index contributed by atoms with van der Waals surface area (Å²) in [5.41, 5.74) is 3.39. The van der Waals surface area contributed by atoms with Gasteiger partial charge in [-0.25, -0.2) is 8.42 Å². The van der Waals surface area contributed by atoms with Gasteiger partial charge in [-0.3, -0.25) is 9.69 Å². The lowest BCUT2D eigenvalue weighted by atomic mass is 10.2. The number of sulfonamides is 1. The number of rotatable bonds is 5. The number of nitrogens with one attached hydrogen (secondary N) is 1. The van der Waals surface area contributed by atoms with Crippen LogP contribution in [0.2, 0.25) is 5.02 Å². The van der Waals surface area contributed by atoms with Crippen molar-refractivity contribution in [1.82, 2.24) is 9.21 Å². The molecule has 0 atom stereocenters. The highest BCUT2D eigenvalue weighted by atomic mass is 35.5. The zero-order chi connectivity index (χ0) is 21.2. The van der Waals surface area contributed by atoms with Gasteiger partial charge in [-0.1, -0.05) is 35.4 Å². The Morgan fingerprint density at radius 1 is 1.00 bits per heavy atom. The second kappa shape index (κ2) is 8.83. The number of nitrogens with zero attached hydrogens (tertiary/aromatic N) is 2. The van der Waals surface area contributed by atoms with E-state index in [1.54, 1.807) is 18.2 Å². The predicted octanol–water partition coefficient (Wildman–Crippen LogP) is 3.21. The highest BCUT2D eigenvalue weighted by molar-refractivity contribution is 7.89. The third-order valence-corrected chi connectivity index (χ3v) is 7.42. The second-order valence-electron chi connectivity index (χ2n) is 7.48. The summed E-state index contributed by atoms with van der Waals surface area (Å²) >= 11 is 6.16. The average molecular weight is 436 g/mol. The molecule has 0 aliphatic carbocycles. The van der Waals surface area contributed by atoms with Crippen LogP contribution >= 0.6 is 11.6 Å². The molecular weight excluding hydrogens is 410 g/mol. The van der Waals surface area contributed by atoms with Crippen molar-refractivity contribution in [2.75, 3.05) is 38.0 Å². The number of benzene rings is 2. The Bertz CT molecular complexity index is 1020. The minimum Gasteiger partial charge on any atom is -0.324 e. The first-order valence-corrected chi connectivity index (χ1v) is 11.3. The number of anilines is 1. The van der Waals surface area contributed by atoms with Crippen LogP contribution in [-0.4, -0.2) is 56.3 Å². The van der Waals surface area contributed by atoms with E-state index in [0.717, 1.165) is 16.7 Å². The molecule has 2 aromatic rings. The Hall–Kier alpha value is -1.93. The van der Waals surface area contributed by atoms with E-state index in [9.17, 15) is 13.2 Å².